The van der Waals surface area contributed by atoms with E-state index in [0.717, 1.165) is 23.0 Å². The topological polar surface area (TPSA) is 32.9 Å². The molecule has 4 heteroatoms. The fraction of sp³-hybridized carbons (Fsp3) is 0.727. The summed E-state index contributed by atoms with van der Waals surface area (Å²) in [6.07, 6.45) is 5.52. The SMILES string of the molecule is O=c1[nH]c2c(s1)C[C@H]1C3CC[C@@H](C3)[C@H]1S2. The van der Waals surface area contributed by atoms with Crippen LogP contribution in [0.3, 0.4) is 0 Å². The van der Waals surface area contributed by atoms with Crippen molar-refractivity contribution in [2.75, 3.05) is 0 Å². The maximum atomic E-state index is 11.3. The van der Waals surface area contributed by atoms with Crippen LogP contribution in [-0.2, 0) is 6.42 Å². The molecule has 2 bridgehead atoms. The molecule has 4 rings (SSSR count). The zero-order valence-corrected chi connectivity index (χ0v) is 10.00. The van der Waals surface area contributed by atoms with Crippen LogP contribution in [0.2, 0.25) is 0 Å². The minimum Gasteiger partial charge on any atom is -0.307 e. The predicted octanol–water partition coefficient (Wildman–Crippen LogP) is 2.50. The lowest BCUT2D eigenvalue weighted by Crippen LogP contribution is -2.29. The lowest BCUT2D eigenvalue weighted by atomic mass is 9.85. The fourth-order valence-electron chi connectivity index (χ4n) is 3.75. The Morgan fingerprint density at radius 3 is 3.07 bits per heavy atom. The summed E-state index contributed by atoms with van der Waals surface area (Å²) in [6.45, 7) is 0. The number of hydrogen-bond donors (Lipinski definition) is 1. The first-order valence-electron chi connectivity index (χ1n) is 5.70. The van der Waals surface area contributed by atoms with Crippen molar-refractivity contribution in [2.45, 2.75) is 36.0 Å². The Hall–Kier alpha value is -0.220. The summed E-state index contributed by atoms with van der Waals surface area (Å²) in [5, 5.41) is 2.01. The number of rotatable bonds is 0. The fourth-order valence-corrected chi connectivity index (χ4v) is 6.45. The van der Waals surface area contributed by atoms with Gasteiger partial charge in [0, 0.05) is 10.1 Å². The molecular weight excluding hydrogens is 226 g/mol. The van der Waals surface area contributed by atoms with Crippen molar-refractivity contribution in [2.24, 2.45) is 17.8 Å². The third kappa shape index (κ3) is 1.15. The molecule has 15 heavy (non-hydrogen) atoms. The minimum atomic E-state index is 0.139. The normalized spacial score (nSPS) is 41.6. The van der Waals surface area contributed by atoms with Gasteiger partial charge in [0.15, 0.2) is 0 Å². The molecule has 2 saturated carbocycles. The highest BCUT2D eigenvalue weighted by Gasteiger charge is 2.50. The summed E-state index contributed by atoms with van der Waals surface area (Å²) in [5.74, 6) is 2.80. The molecule has 0 aromatic carbocycles. The second kappa shape index (κ2) is 2.92. The van der Waals surface area contributed by atoms with E-state index in [0.29, 0.717) is 0 Å². The van der Waals surface area contributed by atoms with Crippen molar-refractivity contribution in [1.29, 1.82) is 0 Å². The summed E-state index contributed by atoms with van der Waals surface area (Å²) in [5.41, 5.74) is 0. The highest BCUT2D eigenvalue weighted by Crippen LogP contribution is 2.58. The molecule has 2 nitrogen and oxygen atoms in total. The summed E-state index contributed by atoms with van der Waals surface area (Å²) < 4.78 is 0. The van der Waals surface area contributed by atoms with Crippen LogP contribution in [0.15, 0.2) is 9.82 Å². The lowest BCUT2D eigenvalue weighted by molar-refractivity contribution is 0.337. The van der Waals surface area contributed by atoms with E-state index in [9.17, 15) is 4.79 Å². The van der Waals surface area contributed by atoms with Gasteiger partial charge >= 0.3 is 4.87 Å². The Kier molecular flexibility index (Phi) is 1.73. The number of H-pyrrole nitrogens is 1. The average Bonchev–Trinajstić information content (AvgIpc) is 2.85. The van der Waals surface area contributed by atoms with Crippen molar-refractivity contribution in [1.82, 2.24) is 4.98 Å². The van der Waals surface area contributed by atoms with Crippen LogP contribution in [-0.4, -0.2) is 10.2 Å². The van der Waals surface area contributed by atoms with Gasteiger partial charge < -0.3 is 4.98 Å². The highest BCUT2D eigenvalue weighted by molar-refractivity contribution is 8.00. The van der Waals surface area contributed by atoms with Crippen LogP contribution in [0, 0.1) is 17.8 Å². The van der Waals surface area contributed by atoms with Gasteiger partial charge in [-0.1, -0.05) is 11.3 Å². The van der Waals surface area contributed by atoms with E-state index >= 15 is 0 Å². The second-order valence-corrected chi connectivity index (χ2v) is 7.31. The maximum Gasteiger partial charge on any atom is 0.305 e. The molecule has 0 amide bonds. The van der Waals surface area contributed by atoms with Crippen LogP contribution in [0.4, 0.5) is 0 Å². The predicted molar refractivity (Wildman–Crippen MR) is 62.6 cm³/mol. The van der Waals surface area contributed by atoms with Crippen molar-refractivity contribution in [3.05, 3.63) is 14.5 Å². The number of fused-ring (bicyclic) bond motifs is 6. The molecule has 80 valence electrons. The van der Waals surface area contributed by atoms with E-state index in [1.807, 2.05) is 11.8 Å². The first-order chi connectivity index (χ1) is 7.31. The van der Waals surface area contributed by atoms with Gasteiger partial charge in [0.1, 0.15) is 0 Å². The Morgan fingerprint density at radius 2 is 2.13 bits per heavy atom. The van der Waals surface area contributed by atoms with Crippen molar-refractivity contribution in [3.63, 3.8) is 0 Å². The summed E-state index contributed by atoms with van der Waals surface area (Å²) in [4.78, 5) is 15.8. The Morgan fingerprint density at radius 1 is 1.27 bits per heavy atom. The Bertz CT molecular complexity index is 425. The molecule has 0 saturated heterocycles. The number of hydrogen-bond acceptors (Lipinski definition) is 3. The molecule has 1 aromatic rings. The standard InChI is InChI=1S/C11H13NOS2/c13-11-12-10-8(14-11)4-7-5-1-2-6(3-5)9(7)15-10/h5-7,9H,1-4H2,(H,12,13)/t5?,6-,7-,9+/m0/s1. The van der Waals surface area contributed by atoms with Gasteiger partial charge in [-0.25, -0.2) is 0 Å². The van der Waals surface area contributed by atoms with Crippen LogP contribution < -0.4 is 4.87 Å². The van der Waals surface area contributed by atoms with Gasteiger partial charge in [0.2, 0.25) is 0 Å². The van der Waals surface area contributed by atoms with E-state index in [2.05, 4.69) is 4.98 Å². The molecule has 1 unspecified atom stereocenters. The third-order valence-corrected chi connectivity index (χ3v) is 6.99. The summed E-state index contributed by atoms with van der Waals surface area (Å²) in [6, 6.07) is 0. The molecule has 1 N–H and O–H groups in total. The average molecular weight is 239 g/mol. The van der Waals surface area contributed by atoms with Crippen LogP contribution >= 0.6 is 23.1 Å². The molecule has 0 radical (unpaired) electrons. The van der Waals surface area contributed by atoms with E-state index in [1.54, 1.807) is 0 Å². The minimum absolute atomic E-state index is 0.139. The largest absolute Gasteiger partial charge is 0.307 e. The molecule has 0 spiro atoms. The molecule has 1 aliphatic heterocycles. The molecule has 3 aliphatic rings. The highest BCUT2D eigenvalue weighted by atomic mass is 32.2. The Labute approximate surface area is 96.5 Å². The first kappa shape index (κ1) is 8.88. The van der Waals surface area contributed by atoms with Crippen LogP contribution in [0.25, 0.3) is 0 Å². The van der Waals surface area contributed by atoms with E-state index in [-0.39, 0.29) is 4.87 Å². The van der Waals surface area contributed by atoms with Gasteiger partial charge in [-0.05, 0) is 43.4 Å². The summed E-state index contributed by atoms with van der Waals surface area (Å²) >= 11 is 3.40. The number of thioether (sulfide) groups is 1. The van der Waals surface area contributed by atoms with Crippen LogP contribution in [0.1, 0.15) is 24.1 Å². The quantitative estimate of drug-likeness (QED) is 0.754. The lowest BCUT2D eigenvalue weighted by Gasteiger charge is -2.33. The van der Waals surface area contributed by atoms with E-state index in [4.69, 9.17) is 0 Å². The van der Waals surface area contributed by atoms with E-state index in [1.165, 1.54) is 46.9 Å². The van der Waals surface area contributed by atoms with Gasteiger partial charge in [-0.15, -0.1) is 11.8 Å². The third-order valence-electron chi connectivity index (χ3n) is 4.37. The van der Waals surface area contributed by atoms with Crippen LogP contribution in [0.5, 0.6) is 0 Å². The first-order valence-corrected chi connectivity index (χ1v) is 7.39. The monoisotopic (exact) mass is 239 g/mol. The maximum absolute atomic E-state index is 11.3. The van der Waals surface area contributed by atoms with Gasteiger partial charge in [0.05, 0.1) is 5.03 Å². The van der Waals surface area contributed by atoms with E-state index < -0.39 is 0 Å². The zero-order chi connectivity index (χ0) is 9.99. The van der Waals surface area contributed by atoms with Gasteiger partial charge in [-0.2, -0.15) is 0 Å². The van der Waals surface area contributed by atoms with Gasteiger partial charge in [0.25, 0.3) is 0 Å². The summed E-state index contributed by atoms with van der Waals surface area (Å²) in [7, 11) is 0. The Balaban J connectivity index is 1.77. The zero-order valence-electron chi connectivity index (χ0n) is 8.36. The number of aromatic amines is 1. The molecule has 1 aromatic heterocycles. The number of thiazole rings is 1. The molecule has 2 heterocycles. The number of aromatic nitrogens is 1. The van der Waals surface area contributed by atoms with Gasteiger partial charge in [-0.3, -0.25) is 4.79 Å². The molecule has 2 aliphatic carbocycles. The van der Waals surface area contributed by atoms with Crippen molar-refractivity contribution < 1.29 is 0 Å². The second-order valence-electron chi connectivity index (χ2n) is 5.05. The molecular formula is C11H13NOS2. The molecule has 2 fully saturated rings. The number of nitrogens with one attached hydrogen (secondary N) is 1. The van der Waals surface area contributed by atoms with Crippen molar-refractivity contribution in [3.8, 4) is 0 Å². The molecule has 4 atom stereocenters. The smallest absolute Gasteiger partial charge is 0.305 e. The van der Waals surface area contributed by atoms with Crippen molar-refractivity contribution >= 4 is 23.1 Å².